The van der Waals surface area contributed by atoms with Gasteiger partial charge in [-0.25, -0.2) is 0 Å². The van der Waals surface area contributed by atoms with Gasteiger partial charge in [0.25, 0.3) is 0 Å². The van der Waals surface area contributed by atoms with Gasteiger partial charge in [-0.2, -0.15) is 0 Å². The first-order chi connectivity index (χ1) is 9.30. The summed E-state index contributed by atoms with van der Waals surface area (Å²) in [6, 6.07) is 10.6. The summed E-state index contributed by atoms with van der Waals surface area (Å²) in [6.45, 7) is 11.3. The molecule has 0 aliphatic heterocycles. The molecule has 0 aliphatic carbocycles. The fourth-order valence-electron chi connectivity index (χ4n) is 2.15. The lowest BCUT2D eigenvalue weighted by molar-refractivity contribution is -0.122. The minimum absolute atomic E-state index is 0.0114. The maximum atomic E-state index is 12.1. The zero-order chi connectivity index (χ0) is 15.2. The van der Waals surface area contributed by atoms with Gasteiger partial charge >= 0.3 is 0 Å². The van der Waals surface area contributed by atoms with E-state index in [1.54, 1.807) is 0 Å². The van der Waals surface area contributed by atoms with Gasteiger partial charge in [0.05, 0.1) is 6.04 Å². The van der Waals surface area contributed by atoms with Crippen molar-refractivity contribution in [2.45, 2.75) is 53.1 Å². The highest BCUT2D eigenvalue weighted by atomic mass is 16.1. The van der Waals surface area contributed by atoms with Crippen LogP contribution in [0, 0.1) is 5.41 Å². The van der Waals surface area contributed by atoms with Crippen molar-refractivity contribution in [2.24, 2.45) is 5.41 Å². The zero-order valence-electron chi connectivity index (χ0n) is 13.4. The van der Waals surface area contributed by atoms with Gasteiger partial charge in [0.2, 0.25) is 5.91 Å². The summed E-state index contributed by atoms with van der Waals surface area (Å²) in [5.74, 6) is 0.0990. The molecule has 0 aliphatic rings. The standard InChI is InChI=1S/C17H28N2O/c1-13(2)18-12-11-15(20)19-16(17(3,4)5)14-9-7-6-8-10-14/h6-10,13,16,18H,11-12H2,1-5H3,(H,19,20). The largest absolute Gasteiger partial charge is 0.349 e. The van der Waals surface area contributed by atoms with Gasteiger partial charge < -0.3 is 10.6 Å². The fraction of sp³-hybridized carbons (Fsp3) is 0.588. The van der Waals surface area contributed by atoms with Crippen LogP contribution in [0.25, 0.3) is 0 Å². The number of rotatable bonds is 6. The first-order valence-corrected chi connectivity index (χ1v) is 7.38. The summed E-state index contributed by atoms with van der Waals surface area (Å²) >= 11 is 0. The Balaban J connectivity index is 2.65. The topological polar surface area (TPSA) is 41.1 Å². The molecular weight excluding hydrogens is 248 g/mol. The van der Waals surface area contributed by atoms with Crippen molar-refractivity contribution < 1.29 is 4.79 Å². The molecule has 3 nitrogen and oxygen atoms in total. The Morgan fingerprint density at radius 1 is 1.15 bits per heavy atom. The highest BCUT2D eigenvalue weighted by Crippen LogP contribution is 2.32. The second-order valence-corrected chi connectivity index (χ2v) is 6.64. The first kappa shape index (κ1) is 16.7. The van der Waals surface area contributed by atoms with Crippen molar-refractivity contribution in [3.8, 4) is 0 Å². The summed E-state index contributed by atoms with van der Waals surface area (Å²) in [7, 11) is 0. The van der Waals surface area contributed by atoms with Gasteiger partial charge in [0, 0.05) is 19.0 Å². The predicted octanol–water partition coefficient (Wildman–Crippen LogP) is 3.28. The molecule has 0 bridgehead atoms. The van der Waals surface area contributed by atoms with Gasteiger partial charge in [-0.3, -0.25) is 4.79 Å². The lowest BCUT2D eigenvalue weighted by atomic mass is 9.82. The van der Waals surface area contributed by atoms with Gasteiger partial charge in [-0.15, -0.1) is 0 Å². The van der Waals surface area contributed by atoms with Crippen LogP contribution in [-0.2, 0) is 4.79 Å². The van der Waals surface area contributed by atoms with Crippen LogP contribution < -0.4 is 10.6 Å². The molecule has 1 aromatic carbocycles. The van der Waals surface area contributed by atoms with Crippen LogP contribution in [0.3, 0.4) is 0 Å². The fourth-order valence-corrected chi connectivity index (χ4v) is 2.15. The maximum absolute atomic E-state index is 12.1. The Labute approximate surface area is 123 Å². The van der Waals surface area contributed by atoms with Crippen LogP contribution in [-0.4, -0.2) is 18.5 Å². The van der Waals surface area contributed by atoms with E-state index in [-0.39, 0.29) is 17.4 Å². The van der Waals surface area contributed by atoms with E-state index in [0.717, 1.165) is 12.1 Å². The molecule has 2 N–H and O–H groups in total. The van der Waals surface area contributed by atoms with Crippen LogP contribution in [0.2, 0.25) is 0 Å². The van der Waals surface area contributed by atoms with E-state index in [0.29, 0.717) is 12.5 Å². The van der Waals surface area contributed by atoms with Crippen LogP contribution in [0.4, 0.5) is 0 Å². The average molecular weight is 276 g/mol. The van der Waals surface area contributed by atoms with Crippen molar-refractivity contribution in [3.05, 3.63) is 35.9 Å². The third-order valence-electron chi connectivity index (χ3n) is 3.21. The lowest BCUT2D eigenvalue weighted by Crippen LogP contribution is -2.38. The van der Waals surface area contributed by atoms with Crippen molar-refractivity contribution >= 4 is 5.91 Å². The molecule has 0 aromatic heterocycles. The SMILES string of the molecule is CC(C)NCCC(=O)NC(c1ccccc1)C(C)(C)C. The summed E-state index contributed by atoms with van der Waals surface area (Å²) < 4.78 is 0. The van der Waals surface area contributed by atoms with Crippen LogP contribution in [0.1, 0.15) is 52.6 Å². The van der Waals surface area contributed by atoms with E-state index in [2.05, 4.69) is 57.4 Å². The molecule has 1 rings (SSSR count). The molecule has 0 saturated carbocycles. The minimum atomic E-state index is -0.0114. The molecule has 1 aromatic rings. The molecule has 0 radical (unpaired) electrons. The van der Waals surface area contributed by atoms with E-state index in [9.17, 15) is 4.79 Å². The molecular formula is C17H28N2O. The molecule has 3 heteroatoms. The summed E-state index contributed by atoms with van der Waals surface area (Å²) in [4.78, 5) is 12.1. The van der Waals surface area contributed by atoms with Gasteiger partial charge in [0.1, 0.15) is 0 Å². The smallest absolute Gasteiger partial charge is 0.221 e. The Morgan fingerprint density at radius 2 is 1.75 bits per heavy atom. The lowest BCUT2D eigenvalue weighted by Gasteiger charge is -2.32. The van der Waals surface area contributed by atoms with E-state index >= 15 is 0 Å². The second-order valence-electron chi connectivity index (χ2n) is 6.64. The Hall–Kier alpha value is -1.35. The van der Waals surface area contributed by atoms with Crippen molar-refractivity contribution in [3.63, 3.8) is 0 Å². The molecule has 0 saturated heterocycles. The first-order valence-electron chi connectivity index (χ1n) is 7.38. The molecule has 112 valence electrons. The van der Waals surface area contributed by atoms with Gasteiger partial charge in [-0.1, -0.05) is 65.0 Å². The summed E-state index contributed by atoms with van der Waals surface area (Å²) in [5.41, 5.74) is 1.15. The average Bonchev–Trinajstić information content (AvgIpc) is 2.35. The molecule has 20 heavy (non-hydrogen) atoms. The van der Waals surface area contributed by atoms with Crippen molar-refractivity contribution in [2.75, 3.05) is 6.54 Å². The Morgan fingerprint density at radius 3 is 2.25 bits per heavy atom. The monoisotopic (exact) mass is 276 g/mol. The van der Waals surface area contributed by atoms with E-state index in [1.165, 1.54) is 0 Å². The van der Waals surface area contributed by atoms with Crippen molar-refractivity contribution in [1.82, 2.24) is 10.6 Å². The normalized spacial score (nSPS) is 13.3. The number of hydrogen-bond acceptors (Lipinski definition) is 2. The van der Waals surface area contributed by atoms with E-state index < -0.39 is 0 Å². The zero-order valence-corrected chi connectivity index (χ0v) is 13.4. The molecule has 1 atom stereocenters. The molecule has 0 fully saturated rings. The number of nitrogens with one attached hydrogen (secondary N) is 2. The maximum Gasteiger partial charge on any atom is 0.221 e. The quantitative estimate of drug-likeness (QED) is 0.837. The highest BCUT2D eigenvalue weighted by molar-refractivity contribution is 5.76. The molecule has 0 heterocycles. The number of benzene rings is 1. The van der Waals surface area contributed by atoms with Crippen LogP contribution in [0.5, 0.6) is 0 Å². The van der Waals surface area contributed by atoms with Gasteiger partial charge in [0.15, 0.2) is 0 Å². The highest BCUT2D eigenvalue weighted by Gasteiger charge is 2.27. The number of carbonyl (C=O) groups excluding carboxylic acids is 1. The van der Waals surface area contributed by atoms with E-state index in [4.69, 9.17) is 0 Å². The summed E-state index contributed by atoms with van der Waals surface area (Å²) in [6.07, 6.45) is 0.512. The number of amides is 1. The third kappa shape index (κ3) is 5.74. The number of hydrogen-bond donors (Lipinski definition) is 2. The predicted molar refractivity (Wildman–Crippen MR) is 84.5 cm³/mol. The molecule has 1 amide bonds. The number of carbonyl (C=O) groups is 1. The molecule has 0 spiro atoms. The third-order valence-corrected chi connectivity index (χ3v) is 3.21. The van der Waals surface area contributed by atoms with Gasteiger partial charge in [-0.05, 0) is 11.0 Å². The minimum Gasteiger partial charge on any atom is -0.349 e. The second kappa shape index (κ2) is 7.44. The Bertz CT molecular complexity index is 407. The van der Waals surface area contributed by atoms with E-state index in [1.807, 2.05) is 18.2 Å². The van der Waals surface area contributed by atoms with Crippen LogP contribution >= 0.6 is 0 Å². The summed E-state index contributed by atoms with van der Waals surface area (Å²) in [5, 5.41) is 6.44. The van der Waals surface area contributed by atoms with Crippen LogP contribution in [0.15, 0.2) is 30.3 Å². The Kier molecular flexibility index (Phi) is 6.21. The van der Waals surface area contributed by atoms with Crippen molar-refractivity contribution in [1.29, 1.82) is 0 Å². The molecule has 1 unspecified atom stereocenters.